The van der Waals surface area contributed by atoms with Gasteiger partial charge in [-0.05, 0) is 18.2 Å². The van der Waals surface area contributed by atoms with Crippen molar-refractivity contribution in [1.82, 2.24) is 0 Å². The Bertz CT molecular complexity index is 423. The van der Waals surface area contributed by atoms with Crippen molar-refractivity contribution in [2.45, 2.75) is 0 Å². The third kappa shape index (κ3) is 2.42. The van der Waals surface area contributed by atoms with Crippen LogP contribution in [0.2, 0.25) is 0 Å². The SMILES string of the molecule is COc1ccc(C(=O)C=[N+]=[N-])cc1OC. The highest BCUT2D eigenvalue weighted by atomic mass is 16.5. The first kappa shape index (κ1) is 10.9. The zero-order chi connectivity index (χ0) is 11.3. The van der Waals surface area contributed by atoms with Gasteiger partial charge in [-0.25, -0.2) is 0 Å². The number of hydrogen-bond acceptors (Lipinski definition) is 3. The second-order valence-electron chi connectivity index (χ2n) is 2.68. The largest absolute Gasteiger partial charge is 0.493 e. The molecule has 0 atom stereocenters. The number of hydrogen-bond donors (Lipinski definition) is 0. The maximum absolute atomic E-state index is 11.3. The molecule has 1 rings (SSSR count). The summed E-state index contributed by atoms with van der Waals surface area (Å²) in [6, 6.07) is 4.69. The van der Waals surface area contributed by atoms with Crippen molar-refractivity contribution in [2.75, 3.05) is 14.2 Å². The molecule has 78 valence electrons. The predicted molar refractivity (Wildman–Crippen MR) is 53.6 cm³/mol. The summed E-state index contributed by atoms with van der Waals surface area (Å²) >= 11 is 0. The molecule has 0 saturated carbocycles. The fourth-order valence-electron chi connectivity index (χ4n) is 1.12. The zero-order valence-electron chi connectivity index (χ0n) is 8.43. The van der Waals surface area contributed by atoms with Crippen LogP contribution in [0.1, 0.15) is 10.4 Å². The van der Waals surface area contributed by atoms with Crippen LogP contribution in [0.15, 0.2) is 18.2 Å². The molecule has 0 aliphatic rings. The number of rotatable bonds is 4. The lowest BCUT2D eigenvalue weighted by Gasteiger charge is -2.07. The maximum atomic E-state index is 11.3. The molecule has 5 heteroatoms. The van der Waals surface area contributed by atoms with Gasteiger partial charge in [0, 0.05) is 5.56 Å². The lowest BCUT2D eigenvalue weighted by atomic mass is 10.1. The smallest absolute Gasteiger partial charge is 0.328 e. The van der Waals surface area contributed by atoms with Crippen molar-refractivity contribution in [3.63, 3.8) is 0 Å². The van der Waals surface area contributed by atoms with Crippen LogP contribution in [-0.2, 0) is 0 Å². The van der Waals surface area contributed by atoms with E-state index in [9.17, 15) is 4.79 Å². The van der Waals surface area contributed by atoms with Crippen LogP contribution in [0.3, 0.4) is 0 Å². The van der Waals surface area contributed by atoms with Crippen molar-refractivity contribution >= 4 is 12.0 Å². The molecule has 0 aliphatic heterocycles. The van der Waals surface area contributed by atoms with Gasteiger partial charge in [0.05, 0.1) is 14.2 Å². The predicted octanol–water partition coefficient (Wildman–Crippen LogP) is 1.19. The Morgan fingerprint density at radius 1 is 1.33 bits per heavy atom. The Morgan fingerprint density at radius 2 is 2.00 bits per heavy atom. The molecule has 5 nitrogen and oxygen atoms in total. The first-order chi connectivity index (χ1) is 7.22. The topological polar surface area (TPSA) is 71.9 Å². The van der Waals surface area contributed by atoms with E-state index in [-0.39, 0.29) is 0 Å². The van der Waals surface area contributed by atoms with Crippen LogP contribution in [0, 0.1) is 0 Å². The van der Waals surface area contributed by atoms with Crippen LogP contribution in [0.5, 0.6) is 11.5 Å². The summed E-state index contributed by atoms with van der Waals surface area (Å²) in [5.74, 6) is 0.586. The Labute approximate surface area is 86.9 Å². The van der Waals surface area contributed by atoms with E-state index in [1.165, 1.54) is 20.3 Å². The van der Waals surface area contributed by atoms with Gasteiger partial charge in [0.15, 0.2) is 11.5 Å². The molecule has 0 spiro atoms. The quantitative estimate of drug-likeness (QED) is 0.321. The highest BCUT2D eigenvalue weighted by molar-refractivity contribution is 6.33. The minimum atomic E-state index is -0.404. The van der Waals surface area contributed by atoms with Gasteiger partial charge in [-0.3, -0.25) is 4.79 Å². The summed E-state index contributed by atoms with van der Waals surface area (Å²) < 4.78 is 10.0. The van der Waals surface area contributed by atoms with Gasteiger partial charge in [-0.1, -0.05) is 0 Å². The fraction of sp³-hybridized carbons (Fsp3) is 0.200. The average molecular weight is 206 g/mol. The number of carbonyl (C=O) groups is 1. The molecular weight excluding hydrogens is 196 g/mol. The number of benzene rings is 1. The standard InChI is InChI=1S/C10H10N2O3/c1-14-9-4-3-7(5-10(9)15-2)8(13)6-12-11/h3-6H,1-2H3. The maximum Gasteiger partial charge on any atom is 0.328 e. The third-order valence-corrected chi connectivity index (χ3v) is 1.84. The highest BCUT2D eigenvalue weighted by Crippen LogP contribution is 2.27. The van der Waals surface area contributed by atoms with E-state index < -0.39 is 5.78 Å². The highest BCUT2D eigenvalue weighted by Gasteiger charge is 2.11. The third-order valence-electron chi connectivity index (χ3n) is 1.84. The molecule has 0 unspecified atom stereocenters. The Balaban J connectivity index is 3.13. The fourth-order valence-corrected chi connectivity index (χ4v) is 1.12. The van der Waals surface area contributed by atoms with Crippen LogP contribution < -0.4 is 9.47 Å². The zero-order valence-corrected chi connectivity index (χ0v) is 8.43. The van der Waals surface area contributed by atoms with Crippen LogP contribution in [-0.4, -0.2) is 31.0 Å². The molecule has 0 heterocycles. The van der Waals surface area contributed by atoms with E-state index in [1.54, 1.807) is 12.1 Å². The van der Waals surface area contributed by atoms with E-state index in [2.05, 4.69) is 4.79 Å². The summed E-state index contributed by atoms with van der Waals surface area (Å²) in [6.45, 7) is 0. The molecule has 1 aromatic carbocycles. The molecule has 0 amide bonds. The first-order valence-electron chi connectivity index (χ1n) is 4.16. The van der Waals surface area contributed by atoms with Crippen LogP contribution in [0.4, 0.5) is 0 Å². The number of methoxy groups -OCH3 is 2. The second kappa shape index (κ2) is 4.93. The van der Waals surface area contributed by atoms with Gasteiger partial charge < -0.3 is 15.0 Å². The Hall–Kier alpha value is -2.13. The minimum Gasteiger partial charge on any atom is -0.493 e. The second-order valence-corrected chi connectivity index (χ2v) is 2.68. The lowest BCUT2D eigenvalue weighted by Crippen LogP contribution is -2.02. The van der Waals surface area contributed by atoms with Gasteiger partial charge in [-0.15, -0.1) is 0 Å². The summed E-state index contributed by atoms with van der Waals surface area (Å²) in [5, 5.41) is 0. The summed E-state index contributed by atoms with van der Waals surface area (Å²) in [7, 11) is 2.99. The van der Waals surface area contributed by atoms with Gasteiger partial charge in [-0.2, -0.15) is 4.79 Å². The Morgan fingerprint density at radius 3 is 2.53 bits per heavy atom. The minimum absolute atomic E-state index is 0.366. The van der Waals surface area contributed by atoms with Crippen molar-refractivity contribution in [3.05, 3.63) is 29.3 Å². The molecule has 0 bridgehead atoms. The van der Waals surface area contributed by atoms with Crippen molar-refractivity contribution in [2.24, 2.45) is 0 Å². The molecule has 15 heavy (non-hydrogen) atoms. The number of ether oxygens (including phenoxy) is 2. The van der Waals surface area contributed by atoms with Crippen LogP contribution in [0.25, 0.3) is 5.53 Å². The molecule has 1 aromatic rings. The van der Waals surface area contributed by atoms with E-state index in [1.807, 2.05) is 0 Å². The van der Waals surface area contributed by atoms with E-state index in [0.29, 0.717) is 17.1 Å². The number of nitrogens with zero attached hydrogens (tertiary/aromatic N) is 2. The summed E-state index contributed by atoms with van der Waals surface area (Å²) in [5.41, 5.74) is 8.58. The number of carbonyl (C=O) groups excluding carboxylic acids is 1. The molecule has 0 N–H and O–H groups in total. The monoisotopic (exact) mass is 206 g/mol. The number of ketones is 1. The van der Waals surface area contributed by atoms with E-state index >= 15 is 0 Å². The van der Waals surface area contributed by atoms with Crippen molar-refractivity contribution in [3.8, 4) is 11.5 Å². The normalized spacial score (nSPS) is 8.93. The summed E-state index contributed by atoms with van der Waals surface area (Å²) in [6.07, 6.45) is 0.821. The molecule has 0 radical (unpaired) electrons. The molecule has 0 aliphatic carbocycles. The Kier molecular flexibility index (Phi) is 3.60. The molecule has 0 saturated heterocycles. The van der Waals surface area contributed by atoms with Crippen molar-refractivity contribution < 1.29 is 19.1 Å². The number of Topliss-reactive ketones (excluding diaryl/α,β-unsaturated/α-hetero) is 1. The van der Waals surface area contributed by atoms with Gasteiger partial charge in [0.1, 0.15) is 0 Å². The first-order valence-corrected chi connectivity index (χ1v) is 4.16. The molecule has 0 aromatic heterocycles. The van der Waals surface area contributed by atoms with Gasteiger partial charge >= 0.3 is 6.21 Å². The average Bonchev–Trinajstić information content (AvgIpc) is 2.28. The van der Waals surface area contributed by atoms with Gasteiger partial charge in [0.2, 0.25) is 0 Å². The molecular formula is C10H10N2O3. The van der Waals surface area contributed by atoms with Gasteiger partial charge in [0.25, 0.3) is 5.78 Å². The van der Waals surface area contributed by atoms with Crippen LogP contribution >= 0.6 is 0 Å². The van der Waals surface area contributed by atoms with Crippen molar-refractivity contribution in [1.29, 1.82) is 0 Å². The molecule has 0 fully saturated rings. The van der Waals surface area contributed by atoms with E-state index in [4.69, 9.17) is 15.0 Å². The summed E-state index contributed by atoms with van der Waals surface area (Å²) in [4.78, 5) is 14.0. The lowest BCUT2D eigenvalue weighted by molar-refractivity contribution is 0.00234. The van der Waals surface area contributed by atoms with E-state index in [0.717, 1.165) is 6.21 Å².